The first-order valence-corrected chi connectivity index (χ1v) is 16.1. The summed E-state index contributed by atoms with van der Waals surface area (Å²) in [6.07, 6.45) is 5.27. The van der Waals surface area contributed by atoms with Gasteiger partial charge in [0.25, 0.3) is 10.0 Å². The SMILES string of the molecule is CCC(C(=O)NC1CCCCC1)N(Cc1ccc(F)cc1)C(=O)CN(c1cccc(Cl)c1C)S(=O)(=O)c1ccccc1. The number of sulfonamides is 1. The zero-order chi connectivity index (χ0) is 30.3. The van der Waals surface area contributed by atoms with Gasteiger partial charge in [-0.15, -0.1) is 0 Å². The lowest BCUT2D eigenvalue weighted by molar-refractivity contribution is -0.140. The van der Waals surface area contributed by atoms with E-state index in [1.165, 1.54) is 29.2 Å². The molecule has 4 rings (SSSR count). The van der Waals surface area contributed by atoms with Crippen LogP contribution in [0.3, 0.4) is 0 Å². The molecule has 42 heavy (non-hydrogen) atoms. The molecule has 10 heteroatoms. The maximum absolute atomic E-state index is 14.2. The molecule has 3 aromatic carbocycles. The Morgan fingerprint density at radius 3 is 2.29 bits per heavy atom. The molecule has 3 aromatic rings. The van der Waals surface area contributed by atoms with Crippen molar-refractivity contribution in [3.05, 3.63) is 94.8 Å². The molecule has 0 aromatic heterocycles. The summed E-state index contributed by atoms with van der Waals surface area (Å²) in [6, 6.07) is 17.6. The number of nitrogens with zero attached hydrogens (tertiary/aromatic N) is 2. The molecule has 2 amide bonds. The van der Waals surface area contributed by atoms with Crippen molar-refractivity contribution in [2.45, 2.75) is 75.9 Å². The number of anilines is 1. The van der Waals surface area contributed by atoms with Gasteiger partial charge in [0.05, 0.1) is 10.6 Å². The number of hydrogen-bond acceptors (Lipinski definition) is 4. The van der Waals surface area contributed by atoms with Gasteiger partial charge in [0.15, 0.2) is 0 Å². The second kappa shape index (κ2) is 14.2. The van der Waals surface area contributed by atoms with Crippen LogP contribution >= 0.6 is 11.6 Å². The Balaban J connectivity index is 1.72. The maximum Gasteiger partial charge on any atom is 0.264 e. The Hall–Kier alpha value is -3.43. The van der Waals surface area contributed by atoms with Gasteiger partial charge in [0.1, 0.15) is 18.4 Å². The molecule has 0 aliphatic heterocycles. The van der Waals surface area contributed by atoms with E-state index in [1.54, 1.807) is 55.5 Å². The fourth-order valence-electron chi connectivity index (χ4n) is 5.35. The van der Waals surface area contributed by atoms with Gasteiger partial charge in [-0.3, -0.25) is 13.9 Å². The highest BCUT2D eigenvalue weighted by atomic mass is 35.5. The van der Waals surface area contributed by atoms with Gasteiger partial charge in [-0.05, 0) is 73.7 Å². The summed E-state index contributed by atoms with van der Waals surface area (Å²) in [4.78, 5) is 29.2. The van der Waals surface area contributed by atoms with Crippen molar-refractivity contribution >= 4 is 39.1 Å². The van der Waals surface area contributed by atoms with Crippen LogP contribution in [0, 0.1) is 12.7 Å². The first-order chi connectivity index (χ1) is 20.1. The van der Waals surface area contributed by atoms with Crippen LogP contribution in [0.1, 0.15) is 56.6 Å². The number of rotatable bonds is 11. The topological polar surface area (TPSA) is 86.8 Å². The third-order valence-corrected chi connectivity index (χ3v) is 9.90. The largest absolute Gasteiger partial charge is 0.352 e. The predicted octanol–water partition coefficient (Wildman–Crippen LogP) is 6.24. The van der Waals surface area contributed by atoms with E-state index in [1.807, 2.05) is 6.92 Å². The van der Waals surface area contributed by atoms with Gasteiger partial charge in [0, 0.05) is 17.6 Å². The lowest BCUT2D eigenvalue weighted by atomic mass is 9.95. The molecular weight excluding hydrogens is 577 g/mol. The smallest absolute Gasteiger partial charge is 0.264 e. The second-order valence-corrected chi connectivity index (χ2v) is 12.9. The van der Waals surface area contributed by atoms with Gasteiger partial charge < -0.3 is 10.2 Å². The van der Waals surface area contributed by atoms with Crippen molar-refractivity contribution in [2.75, 3.05) is 10.8 Å². The van der Waals surface area contributed by atoms with Gasteiger partial charge >= 0.3 is 0 Å². The summed E-state index contributed by atoms with van der Waals surface area (Å²) in [6.45, 7) is 2.95. The molecule has 1 unspecified atom stereocenters. The average molecular weight is 614 g/mol. The van der Waals surface area contributed by atoms with E-state index in [2.05, 4.69) is 5.32 Å². The number of nitrogens with one attached hydrogen (secondary N) is 1. The van der Waals surface area contributed by atoms with E-state index < -0.39 is 34.3 Å². The van der Waals surface area contributed by atoms with Gasteiger partial charge in [-0.2, -0.15) is 0 Å². The summed E-state index contributed by atoms with van der Waals surface area (Å²) >= 11 is 6.38. The quantitative estimate of drug-likeness (QED) is 0.277. The molecule has 0 heterocycles. The van der Waals surface area contributed by atoms with Crippen LogP contribution in [0.5, 0.6) is 0 Å². The Labute approximate surface area is 252 Å². The number of halogens is 2. The lowest BCUT2D eigenvalue weighted by Crippen LogP contribution is -2.54. The van der Waals surface area contributed by atoms with E-state index in [4.69, 9.17) is 11.6 Å². The summed E-state index contributed by atoms with van der Waals surface area (Å²) in [5, 5.41) is 3.47. The molecule has 1 aliphatic rings. The number of benzene rings is 3. The molecule has 1 aliphatic carbocycles. The first-order valence-electron chi connectivity index (χ1n) is 14.3. The molecule has 0 spiro atoms. The minimum Gasteiger partial charge on any atom is -0.352 e. The molecule has 1 N–H and O–H groups in total. The van der Waals surface area contributed by atoms with Crippen LogP contribution in [0.2, 0.25) is 5.02 Å². The fraction of sp³-hybridized carbons (Fsp3) is 0.375. The van der Waals surface area contributed by atoms with Crippen molar-refractivity contribution in [1.29, 1.82) is 0 Å². The molecule has 1 fully saturated rings. The summed E-state index contributed by atoms with van der Waals surface area (Å²) < 4.78 is 42.7. The van der Waals surface area contributed by atoms with Crippen molar-refractivity contribution in [2.24, 2.45) is 0 Å². The minimum atomic E-state index is -4.20. The van der Waals surface area contributed by atoms with Crippen molar-refractivity contribution in [3.8, 4) is 0 Å². The summed E-state index contributed by atoms with van der Waals surface area (Å²) in [5.74, 6) is -1.27. The molecule has 0 radical (unpaired) electrons. The Kier molecular flexibility index (Phi) is 10.6. The molecule has 1 saturated carbocycles. The molecule has 224 valence electrons. The number of amides is 2. The normalized spacial score (nSPS) is 14.7. The molecule has 1 atom stereocenters. The highest BCUT2D eigenvalue weighted by Gasteiger charge is 2.35. The maximum atomic E-state index is 14.2. The van der Waals surface area contributed by atoms with Crippen LogP contribution in [-0.4, -0.2) is 43.8 Å². The molecular formula is C32H37ClFN3O4S. The van der Waals surface area contributed by atoms with Crippen LogP contribution < -0.4 is 9.62 Å². The highest BCUT2D eigenvalue weighted by Crippen LogP contribution is 2.31. The summed E-state index contributed by atoms with van der Waals surface area (Å²) in [7, 11) is -4.20. The zero-order valence-corrected chi connectivity index (χ0v) is 25.5. The predicted molar refractivity (Wildman–Crippen MR) is 163 cm³/mol. The van der Waals surface area contributed by atoms with Crippen molar-refractivity contribution < 1.29 is 22.4 Å². The van der Waals surface area contributed by atoms with E-state index in [0.717, 1.165) is 36.4 Å². The third kappa shape index (κ3) is 7.50. The number of carbonyl (C=O) groups is 2. The lowest BCUT2D eigenvalue weighted by Gasteiger charge is -2.34. The van der Waals surface area contributed by atoms with Crippen LogP contribution in [0.15, 0.2) is 77.7 Å². The van der Waals surface area contributed by atoms with E-state index in [-0.39, 0.29) is 29.1 Å². The Morgan fingerprint density at radius 2 is 1.64 bits per heavy atom. The van der Waals surface area contributed by atoms with E-state index in [9.17, 15) is 22.4 Å². The monoisotopic (exact) mass is 613 g/mol. The van der Waals surface area contributed by atoms with E-state index in [0.29, 0.717) is 22.6 Å². The number of hydrogen-bond donors (Lipinski definition) is 1. The Bertz CT molecular complexity index is 1480. The third-order valence-electron chi connectivity index (χ3n) is 7.72. The Morgan fingerprint density at radius 1 is 0.976 bits per heavy atom. The van der Waals surface area contributed by atoms with Crippen LogP contribution in [0.4, 0.5) is 10.1 Å². The van der Waals surface area contributed by atoms with Crippen molar-refractivity contribution in [1.82, 2.24) is 10.2 Å². The fourth-order valence-corrected chi connectivity index (χ4v) is 7.01. The van der Waals surface area contributed by atoms with E-state index >= 15 is 0 Å². The molecule has 7 nitrogen and oxygen atoms in total. The zero-order valence-electron chi connectivity index (χ0n) is 23.9. The average Bonchev–Trinajstić information content (AvgIpc) is 2.99. The molecule has 0 saturated heterocycles. The highest BCUT2D eigenvalue weighted by molar-refractivity contribution is 7.92. The van der Waals surface area contributed by atoms with Gasteiger partial charge in [-0.1, -0.05) is 74.2 Å². The first kappa shape index (κ1) is 31.5. The summed E-state index contributed by atoms with van der Waals surface area (Å²) in [5.41, 5.74) is 1.38. The minimum absolute atomic E-state index is 0.00343. The standard InChI is InChI=1S/C32H37ClFN3O4S/c1-3-29(32(39)35-26-11-6-4-7-12-26)36(21-24-17-19-25(34)20-18-24)31(38)22-37(30-16-10-15-28(33)23(30)2)42(40,41)27-13-8-5-9-14-27/h5,8-10,13-20,26,29H,3-4,6-7,11-12,21-22H2,1-2H3,(H,35,39). The van der Waals surface area contributed by atoms with Crippen molar-refractivity contribution in [3.63, 3.8) is 0 Å². The number of carbonyl (C=O) groups excluding carboxylic acids is 2. The van der Waals surface area contributed by atoms with Crippen LogP contribution in [0.25, 0.3) is 0 Å². The van der Waals surface area contributed by atoms with Gasteiger partial charge in [-0.25, -0.2) is 12.8 Å². The molecule has 0 bridgehead atoms. The van der Waals surface area contributed by atoms with Crippen LogP contribution in [-0.2, 0) is 26.2 Å². The van der Waals surface area contributed by atoms with Gasteiger partial charge in [0.2, 0.25) is 11.8 Å². The second-order valence-electron chi connectivity index (χ2n) is 10.6.